The normalized spacial score (nSPS) is 12.0. The molecule has 0 amide bonds. The van der Waals surface area contributed by atoms with Crippen LogP contribution in [0.3, 0.4) is 0 Å². The third kappa shape index (κ3) is 12.5. The van der Waals surface area contributed by atoms with Crippen LogP contribution in [0, 0.1) is 27.7 Å². The Morgan fingerprint density at radius 3 is 0.723 bits per heavy atom. The summed E-state index contributed by atoms with van der Waals surface area (Å²) in [5.41, 5.74) is 23.9. The third-order valence-electron chi connectivity index (χ3n) is 19.4. The first-order valence-corrected chi connectivity index (χ1v) is 32.7. The average molecular weight is 1230 g/mol. The highest BCUT2D eigenvalue weighted by Crippen LogP contribution is 2.46. The SMILES string of the molecule is Cc1cc(N(c2ccc(-c3cnc(-c4ccc(-c5ncc(-c6ccc(N(c7cc(C)cc(C(C)(C)c8ccccc8)c7)c7cc(C)cc(C(C)(C)c8ccccc8)c7)cc6)o5)cc4)o3)cc2)c2cc(C)cc(C(C)(C)c3ccccc3)c2)cc(C(C)(C)c2ccccc2)c1. The molecule has 466 valence electrons. The highest BCUT2D eigenvalue weighted by atomic mass is 16.4. The van der Waals surface area contributed by atoms with Crippen LogP contribution in [-0.4, -0.2) is 9.97 Å². The summed E-state index contributed by atoms with van der Waals surface area (Å²) in [6.45, 7) is 27.3. The molecule has 0 saturated heterocycles. The molecule has 94 heavy (non-hydrogen) atoms. The van der Waals surface area contributed by atoms with Gasteiger partial charge in [0.05, 0.1) is 12.4 Å². The smallest absolute Gasteiger partial charge is 0.226 e. The Labute approximate surface area is 556 Å². The minimum Gasteiger partial charge on any atom is -0.436 e. The lowest BCUT2D eigenvalue weighted by molar-refractivity contribution is 0.587. The van der Waals surface area contributed by atoms with Gasteiger partial charge in [0.15, 0.2) is 11.5 Å². The van der Waals surface area contributed by atoms with E-state index < -0.39 is 0 Å². The van der Waals surface area contributed by atoms with Gasteiger partial charge in [0.2, 0.25) is 11.8 Å². The van der Waals surface area contributed by atoms with E-state index in [1.54, 1.807) is 0 Å². The Morgan fingerprint density at radius 1 is 0.245 bits per heavy atom. The number of hydrogen-bond acceptors (Lipinski definition) is 6. The first-order valence-electron chi connectivity index (χ1n) is 32.7. The lowest BCUT2D eigenvalue weighted by Gasteiger charge is -2.32. The molecule has 0 unspecified atom stereocenters. The summed E-state index contributed by atoms with van der Waals surface area (Å²) in [5, 5.41) is 0. The van der Waals surface area contributed by atoms with E-state index in [0.717, 1.165) is 56.4 Å². The van der Waals surface area contributed by atoms with Gasteiger partial charge in [-0.2, -0.15) is 0 Å². The molecule has 11 aromatic carbocycles. The maximum atomic E-state index is 6.56. The second-order valence-electron chi connectivity index (χ2n) is 27.6. The van der Waals surface area contributed by atoms with Crippen LogP contribution in [0.15, 0.2) is 288 Å². The van der Waals surface area contributed by atoms with Gasteiger partial charge >= 0.3 is 0 Å². The van der Waals surface area contributed by atoms with Crippen LogP contribution < -0.4 is 9.80 Å². The van der Waals surface area contributed by atoms with Gasteiger partial charge in [-0.05, 0) is 216 Å². The molecule has 2 aromatic heterocycles. The molecule has 0 aliphatic heterocycles. The van der Waals surface area contributed by atoms with Crippen molar-refractivity contribution in [3.8, 4) is 45.6 Å². The summed E-state index contributed by atoms with van der Waals surface area (Å²) in [4.78, 5) is 14.4. The van der Waals surface area contributed by atoms with E-state index in [1.165, 1.54) is 66.8 Å². The van der Waals surface area contributed by atoms with Crippen LogP contribution in [0.25, 0.3) is 45.6 Å². The maximum absolute atomic E-state index is 6.56. The van der Waals surface area contributed by atoms with E-state index in [2.05, 4.69) is 336 Å². The maximum Gasteiger partial charge on any atom is 0.226 e. The molecule has 0 radical (unpaired) electrons. The molecular formula is C88H82N4O2. The zero-order chi connectivity index (χ0) is 65.5. The zero-order valence-electron chi connectivity index (χ0n) is 56.2. The van der Waals surface area contributed by atoms with Gasteiger partial charge in [-0.1, -0.05) is 201 Å². The van der Waals surface area contributed by atoms with E-state index in [9.17, 15) is 0 Å². The predicted molar refractivity (Wildman–Crippen MR) is 391 cm³/mol. The fourth-order valence-electron chi connectivity index (χ4n) is 13.4. The topological polar surface area (TPSA) is 58.5 Å². The van der Waals surface area contributed by atoms with Gasteiger partial charge in [0.25, 0.3) is 0 Å². The number of aryl methyl sites for hydroxylation is 4. The Bertz CT molecular complexity index is 4280. The molecular weight excluding hydrogens is 1140 g/mol. The van der Waals surface area contributed by atoms with Crippen LogP contribution in [0.4, 0.5) is 34.1 Å². The van der Waals surface area contributed by atoms with Gasteiger partial charge in [0.1, 0.15) is 0 Å². The summed E-state index contributed by atoms with van der Waals surface area (Å²) < 4.78 is 13.1. The van der Waals surface area contributed by atoms with Crippen molar-refractivity contribution in [2.75, 3.05) is 9.80 Å². The summed E-state index contributed by atoms with van der Waals surface area (Å²) in [6.07, 6.45) is 3.63. The van der Waals surface area contributed by atoms with Crippen LogP contribution in [0.5, 0.6) is 0 Å². The van der Waals surface area contributed by atoms with Crippen molar-refractivity contribution in [2.45, 2.75) is 105 Å². The van der Waals surface area contributed by atoms with Gasteiger partial charge in [0, 0.05) is 78.0 Å². The summed E-state index contributed by atoms with van der Waals surface area (Å²) in [5.74, 6) is 2.42. The number of aromatic nitrogens is 2. The van der Waals surface area contributed by atoms with E-state index >= 15 is 0 Å². The van der Waals surface area contributed by atoms with Crippen LogP contribution in [0.1, 0.15) is 122 Å². The number of benzene rings is 11. The highest BCUT2D eigenvalue weighted by molar-refractivity contribution is 5.82. The number of oxazole rings is 2. The zero-order valence-corrected chi connectivity index (χ0v) is 56.2. The van der Waals surface area contributed by atoms with Crippen LogP contribution >= 0.6 is 0 Å². The van der Waals surface area contributed by atoms with Crippen molar-refractivity contribution in [3.05, 3.63) is 346 Å². The molecule has 0 spiro atoms. The van der Waals surface area contributed by atoms with Crippen molar-refractivity contribution in [3.63, 3.8) is 0 Å². The van der Waals surface area contributed by atoms with E-state index in [4.69, 9.17) is 18.8 Å². The van der Waals surface area contributed by atoms with Crippen LogP contribution in [-0.2, 0) is 21.7 Å². The molecule has 13 rings (SSSR count). The Balaban J connectivity index is 0.770. The second-order valence-corrected chi connectivity index (χ2v) is 27.6. The van der Waals surface area contributed by atoms with Gasteiger partial charge in [-0.3, -0.25) is 0 Å². The molecule has 2 heterocycles. The van der Waals surface area contributed by atoms with Crippen LogP contribution in [0.2, 0.25) is 0 Å². The van der Waals surface area contributed by atoms with E-state index in [0.29, 0.717) is 23.3 Å². The highest BCUT2D eigenvalue weighted by Gasteiger charge is 2.31. The average Bonchev–Trinajstić information content (AvgIpc) is 0.920. The van der Waals surface area contributed by atoms with Crippen molar-refractivity contribution >= 4 is 34.1 Å². The first kappa shape index (κ1) is 62.3. The fraction of sp³-hybridized carbons (Fsp3) is 0.182. The predicted octanol–water partition coefficient (Wildman–Crippen LogP) is 23.8. The number of anilines is 6. The number of hydrogen-bond donors (Lipinski definition) is 0. The van der Waals surface area contributed by atoms with Gasteiger partial charge < -0.3 is 18.6 Å². The Kier molecular flexibility index (Phi) is 16.7. The molecule has 6 nitrogen and oxygen atoms in total. The standard InChI is InChI=1S/C88H82N4O2/c1-59-45-71(85(5,6)67-25-17-13-18-26-67)53-77(49-59)91(78-50-60(2)46-72(54-78)86(7,8)68-27-19-14-20-28-68)75-41-37-63(38-42-75)81-57-89-83(93-81)65-33-35-66(36-34-65)84-90-58-82(94-84)64-39-43-76(44-40-64)92(79-51-61(3)47-73(55-79)87(9,10)69-29-21-15-22-30-69)80-52-62(4)48-74(56-80)88(11,12)70-31-23-16-24-32-70/h13-58H,1-12H3. The first-order chi connectivity index (χ1) is 45.2. The lowest BCUT2D eigenvalue weighted by atomic mass is 9.77. The number of rotatable bonds is 18. The molecule has 0 aliphatic rings. The molecule has 0 bridgehead atoms. The molecule has 13 aromatic rings. The molecule has 0 atom stereocenters. The Morgan fingerprint density at radius 2 is 0.479 bits per heavy atom. The van der Waals surface area contributed by atoms with Crippen molar-refractivity contribution < 1.29 is 8.83 Å². The number of nitrogens with zero attached hydrogens (tertiary/aromatic N) is 4. The minimum atomic E-state index is -0.237. The van der Waals surface area contributed by atoms with Crippen molar-refractivity contribution in [1.29, 1.82) is 0 Å². The van der Waals surface area contributed by atoms with Crippen molar-refractivity contribution in [1.82, 2.24) is 9.97 Å². The van der Waals surface area contributed by atoms with Gasteiger partial charge in [-0.15, -0.1) is 0 Å². The monoisotopic (exact) mass is 1230 g/mol. The summed E-state index contributed by atoms with van der Waals surface area (Å²) in [6, 6.07) is 96.5. The minimum absolute atomic E-state index is 0.237. The van der Waals surface area contributed by atoms with E-state index in [-0.39, 0.29) is 21.7 Å². The molecule has 0 fully saturated rings. The molecule has 0 aliphatic carbocycles. The summed E-state index contributed by atoms with van der Waals surface area (Å²) >= 11 is 0. The fourth-order valence-corrected chi connectivity index (χ4v) is 13.4. The Hall–Kier alpha value is -10.6. The lowest BCUT2D eigenvalue weighted by Crippen LogP contribution is -2.21. The van der Waals surface area contributed by atoms with E-state index in [1.807, 2.05) is 36.7 Å². The summed E-state index contributed by atoms with van der Waals surface area (Å²) in [7, 11) is 0. The second kappa shape index (κ2) is 25.2. The van der Waals surface area contributed by atoms with Crippen molar-refractivity contribution in [2.24, 2.45) is 0 Å². The largest absolute Gasteiger partial charge is 0.436 e. The quantitative estimate of drug-likeness (QED) is 0.0853. The molecule has 6 heteroatoms. The molecule has 0 N–H and O–H groups in total. The molecule has 0 saturated carbocycles. The van der Waals surface area contributed by atoms with Gasteiger partial charge in [-0.25, -0.2) is 9.97 Å². The third-order valence-corrected chi connectivity index (χ3v) is 19.4.